The fourth-order valence-corrected chi connectivity index (χ4v) is 7.81. The number of hydrogen-bond acceptors (Lipinski definition) is 8. The number of likely N-dealkylation sites (tertiary alicyclic amines) is 2. The highest BCUT2D eigenvalue weighted by molar-refractivity contribution is 5.85. The quantitative estimate of drug-likeness (QED) is 0.132. The smallest absolute Gasteiger partial charge is 0.407 e. The molecule has 5 heterocycles. The summed E-state index contributed by atoms with van der Waals surface area (Å²) in [6, 6.07) is 16.5. The molecule has 3 aromatic heterocycles. The van der Waals surface area contributed by atoms with Gasteiger partial charge in [-0.1, -0.05) is 68.4 Å². The van der Waals surface area contributed by atoms with Crippen LogP contribution in [-0.4, -0.2) is 112 Å². The van der Waals surface area contributed by atoms with E-state index in [1.54, 1.807) is 30.4 Å². The number of hydrogen-bond donors (Lipinski definition) is 3. The van der Waals surface area contributed by atoms with Crippen LogP contribution < -0.4 is 0 Å². The monoisotopic (exact) mass is 744 g/mol. The molecule has 5 aromatic rings. The summed E-state index contributed by atoms with van der Waals surface area (Å²) in [6.07, 6.45) is 9.21. The minimum atomic E-state index is -1.15. The number of carboxylic acid groups (broad SMARTS) is 1. The van der Waals surface area contributed by atoms with Crippen molar-refractivity contribution >= 4 is 17.9 Å². The maximum atomic E-state index is 14.2. The van der Waals surface area contributed by atoms with Gasteiger partial charge in [0.25, 0.3) is 0 Å². The Bertz CT molecular complexity index is 2100. The maximum absolute atomic E-state index is 14.2. The minimum absolute atomic E-state index is 0.114. The second-order valence-corrected chi connectivity index (χ2v) is 14.2. The third kappa shape index (κ3) is 7.59. The van der Waals surface area contributed by atoms with E-state index in [1.165, 1.54) is 7.05 Å². The summed E-state index contributed by atoms with van der Waals surface area (Å²) in [4.78, 5) is 71.2. The van der Waals surface area contributed by atoms with Crippen LogP contribution in [0.1, 0.15) is 81.8 Å². The largest absolute Gasteiger partial charge is 0.465 e. The fraction of sp³-hybridized carbons (Fsp3) is 0.390. The van der Waals surface area contributed by atoms with Gasteiger partial charge in [-0.2, -0.15) is 0 Å². The van der Waals surface area contributed by atoms with Crippen LogP contribution in [0.15, 0.2) is 79.4 Å². The molecule has 0 bridgehead atoms. The molecule has 14 nitrogen and oxygen atoms in total. The van der Waals surface area contributed by atoms with Crippen molar-refractivity contribution in [1.82, 2.24) is 49.5 Å². The number of amides is 3. The highest BCUT2D eigenvalue weighted by Crippen LogP contribution is 2.36. The second-order valence-electron chi connectivity index (χ2n) is 14.2. The number of H-pyrrole nitrogens is 2. The molecule has 4 atom stereocenters. The molecule has 3 amide bonds. The van der Waals surface area contributed by atoms with Crippen LogP contribution in [0.2, 0.25) is 0 Å². The Morgan fingerprint density at radius 3 is 1.82 bits per heavy atom. The number of rotatable bonds is 12. The molecule has 0 radical (unpaired) electrons. The predicted octanol–water partition coefficient (Wildman–Crippen LogP) is 6.33. The van der Waals surface area contributed by atoms with Crippen LogP contribution in [0.25, 0.3) is 33.9 Å². The highest BCUT2D eigenvalue weighted by atomic mass is 16.4. The molecule has 0 aliphatic carbocycles. The first kappa shape index (κ1) is 37.4. The lowest BCUT2D eigenvalue weighted by atomic mass is 10.0. The first-order valence-electron chi connectivity index (χ1n) is 19.1. The van der Waals surface area contributed by atoms with Gasteiger partial charge in [0.05, 0.1) is 35.9 Å². The fourth-order valence-electron chi connectivity index (χ4n) is 7.81. The molecular formula is C41H48N10O4. The standard InChI is InChI=1S/C41H48N10O4/c1-5-49(6-2)35(28-12-8-7-9-13-28)40(53)51-21-11-15-34(51)38-44-24-31(46-38)27-16-18-29(19-17-27)36-42-22-30(23-43-36)32-25-45-37(47-32)33-14-10-20-50(33)39(52)26(3)48(4)41(54)55/h7-9,12-13,16-19,22-26,33-35H,5-6,10-11,14-15,20-21H2,1-4H3,(H,44,46)(H,45,47)(H,54,55)/t26-,33-,34?,35-/m0/s1. The first-order valence-corrected chi connectivity index (χ1v) is 19.1. The topological polar surface area (TPSA) is 168 Å². The van der Waals surface area contributed by atoms with Gasteiger partial charge in [0.2, 0.25) is 11.8 Å². The van der Waals surface area contributed by atoms with Crippen molar-refractivity contribution in [2.45, 2.75) is 70.6 Å². The van der Waals surface area contributed by atoms with Gasteiger partial charge in [-0.3, -0.25) is 19.4 Å². The minimum Gasteiger partial charge on any atom is -0.465 e. The number of imidazole rings is 2. The lowest BCUT2D eigenvalue weighted by Gasteiger charge is -2.34. The van der Waals surface area contributed by atoms with Crippen LogP contribution >= 0.6 is 0 Å². The van der Waals surface area contributed by atoms with Crippen molar-refractivity contribution in [2.24, 2.45) is 0 Å². The van der Waals surface area contributed by atoms with Gasteiger partial charge in [-0.25, -0.2) is 24.7 Å². The predicted molar refractivity (Wildman–Crippen MR) is 207 cm³/mol. The van der Waals surface area contributed by atoms with Crippen molar-refractivity contribution in [1.29, 1.82) is 0 Å². The summed E-state index contributed by atoms with van der Waals surface area (Å²) in [7, 11) is 1.40. The number of benzene rings is 2. The Hall–Kier alpha value is -5.89. The van der Waals surface area contributed by atoms with Gasteiger partial charge in [0.15, 0.2) is 5.82 Å². The van der Waals surface area contributed by atoms with Crippen molar-refractivity contribution in [2.75, 3.05) is 33.2 Å². The third-order valence-electron chi connectivity index (χ3n) is 11.1. The summed E-state index contributed by atoms with van der Waals surface area (Å²) in [6.45, 7) is 8.61. The van der Waals surface area contributed by atoms with Crippen LogP contribution in [-0.2, 0) is 9.59 Å². The Morgan fingerprint density at radius 2 is 1.27 bits per heavy atom. The third-order valence-corrected chi connectivity index (χ3v) is 11.1. The summed E-state index contributed by atoms with van der Waals surface area (Å²) < 4.78 is 0. The van der Waals surface area contributed by atoms with E-state index < -0.39 is 12.1 Å². The summed E-state index contributed by atoms with van der Waals surface area (Å²) in [5.41, 5.74) is 5.20. The number of likely N-dealkylation sites (N-methyl/N-ethyl adjacent to an activating group) is 2. The lowest BCUT2D eigenvalue weighted by molar-refractivity contribution is -0.138. The number of aromatic amines is 2. The SMILES string of the molecule is CCN(CC)[C@H](C(=O)N1CCCC1c1ncc(-c2ccc(-c3ncc(-c4cnc([C@@H]5CCCN5C(=O)[C@H](C)N(C)C(=O)O)[nH]4)cn3)cc2)[nH]1)c1ccccc1. The summed E-state index contributed by atoms with van der Waals surface area (Å²) in [5, 5.41) is 9.34. The van der Waals surface area contributed by atoms with Crippen molar-refractivity contribution < 1.29 is 19.5 Å². The Morgan fingerprint density at radius 1 is 0.745 bits per heavy atom. The molecular weight excluding hydrogens is 697 g/mol. The van der Waals surface area contributed by atoms with E-state index in [4.69, 9.17) is 4.98 Å². The van der Waals surface area contributed by atoms with Gasteiger partial charge in [0, 0.05) is 43.7 Å². The first-order chi connectivity index (χ1) is 26.7. The Balaban J connectivity index is 1.02. The number of aromatic nitrogens is 6. The van der Waals surface area contributed by atoms with E-state index in [0.717, 1.165) is 83.1 Å². The van der Waals surface area contributed by atoms with Gasteiger partial charge in [-0.05, 0) is 56.8 Å². The zero-order valence-corrected chi connectivity index (χ0v) is 31.7. The average Bonchev–Trinajstić information content (AvgIpc) is 4.06. The summed E-state index contributed by atoms with van der Waals surface area (Å²) >= 11 is 0. The highest BCUT2D eigenvalue weighted by Gasteiger charge is 2.38. The van der Waals surface area contributed by atoms with Crippen molar-refractivity contribution in [3.05, 3.63) is 96.6 Å². The van der Waals surface area contributed by atoms with E-state index in [-0.39, 0.29) is 29.9 Å². The molecule has 1 unspecified atom stereocenters. The Labute approximate surface area is 320 Å². The van der Waals surface area contributed by atoms with Crippen molar-refractivity contribution in [3.63, 3.8) is 0 Å². The van der Waals surface area contributed by atoms with Crippen LogP contribution in [0, 0.1) is 0 Å². The molecule has 2 aliphatic rings. The van der Waals surface area contributed by atoms with Crippen LogP contribution in [0.3, 0.4) is 0 Å². The molecule has 0 spiro atoms. The molecule has 2 aliphatic heterocycles. The number of carbonyl (C=O) groups is 3. The van der Waals surface area contributed by atoms with E-state index in [9.17, 15) is 19.5 Å². The zero-order valence-electron chi connectivity index (χ0n) is 31.7. The molecule has 2 aromatic carbocycles. The lowest BCUT2D eigenvalue weighted by Crippen LogP contribution is -2.47. The van der Waals surface area contributed by atoms with E-state index >= 15 is 0 Å². The van der Waals surface area contributed by atoms with Gasteiger partial charge >= 0.3 is 6.09 Å². The maximum Gasteiger partial charge on any atom is 0.407 e. The second kappa shape index (κ2) is 16.2. The van der Waals surface area contributed by atoms with Gasteiger partial charge in [0.1, 0.15) is 23.7 Å². The van der Waals surface area contributed by atoms with Crippen LogP contribution in [0.4, 0.5) is 4.79 Å². The molecule has 14 heteroatoms. The summed E-state index contributed by atoms with van der Waals surface area (Å²) in [5.74, 6) is 1.89. The van der Waals surface area contributed by atoms with Gasteiger partial charge < -0.3 is 24.9 Å². The molecule has 55 heavy (non-hydrogen) atoms. The Kier molecular flexibility index (Phi) is 11.0. The zero-order chi connectivity index (χ0) is 38.6. The molecule has 3 N–H and O–H groups in total. The molecule has 7 rings (SSSR count). The van der Waals surface area contributed by atoms with E-state index in [2.05, 4.69) is 43.7 Å². The van der Waals surface area contributed by atoms with E-state index in [1.807, 2.05) is 65.7 Å². The van der Waals surface area contributed by atoms with Crippen molar-refractivity contribution in [3.8, 4) is 33.9 Å². The molecule has 2 saturated heterocycles. The molecule has 0 saturated carbocycles. The molecule has 2 fully saturated rings. The van der Waals surface area contributed by atoms with E-state index in [0.29, 0.717) is 24.7 Å². The number of nitrogens with zero attached hydrogens (tertiary/aromatic N) is 8. The average molecular weight is 745 g/mol. The number of carbonyl (C=O) groups excluding carboxylic acids is 2. The number of nitrogens with one attached hydrogen (secondary N) is 2. The van der Waals surface area contributed by atoms with Gasteiger partial charge in [-0.15, -0.1) is 0 Å². The molecule has 286 valence electrons. The normalized spacial score (nSPS) is 18.1. The van der Waals surface area contributed by atoms with Crippen LogP contribution in [0.5, 0.6) is 0 Å².